The van der Waals surface area contributed by atoms with Gasteiger partial charge in [0, 0.05) is 53.0 Å². The predicted octanol–water partition coefficient (Wildman–Crippen LogP) is 4.37. The van der Waals surface area contributed by atoms with E-state index in [-0.39, 0.29) is 24.0 Å². The van der Waals surface area contributed by atoms with Gasteiger partial charge in [-0.15, -0.1) is 24.0 Å². The highest BCUT2D eigenvalue weighted by molar-refractivity contribution is 14.0. The Labute approximate surface area is 206 Å². The first kappa shape index (κ1) is 24.8. The Morgan fingerprint density at radius 3 is 2.65 bits per heavy atom. The highest BCUT2D eigenvalue weighted by Crippen LogP contribution is 2.43. The summed E-state index contributed by atoms with van der Waals surface area (Å²) in [5.74, 6) is 1.86. The molecule has 6 heteroatoms. The summed E-state index contributed by atoms with van der Waals surface area (Å²) in [5, 5.41) is 3.74. The number of likely N-dealkylation sites (tertiary alicyclic amines) is 2. The second-order valence-corrected chi connectivity index (χ2v) is 9.66. The molecule has 1 aromatic carbocycles. The second kappa shape index (κ2) is 11.8. The molecule has 1 aliphatic carbocycles. The van der Waals surface area contributed by atoms with Crippen LogP contribution in [0.2, 0.25) is 0 Å². The van der Waals surface area contributed by atoms with Crippen LogP contribution in [0.5, 0.6) is 0 Å². The fraction of sp³-hybridized carbons (Fsp3) is 0.720. The van der Waals surface area contributed by atoms with Crippen LogP contribution >= 0.6 is 24.0 Å². The number of ether oxygens (including phenoxy) is 1. The number of methoxy groups -OCH3 is 1. The average molecular weight is 541 g/mol. The fourth-order valence-corrected chi connectivity index (χ4v) is 5.82. The van der Waals surface area contributed by atoms with Crippen LogP contribution in [0.3, 0.4) is 0 Å². The minimum atomic E-state index is 0. The average Bonchev–Trinajstić information content (AvgIpc) is 2.76. The molecule has 2 heterocycles. The first-order chi connectivity index (χ1) is 14.7. The summed E-state index contributed by atoms with van der Waals surface area (Å²) in [6, 6.07) is 11.7. The summed E-state index contributed by atoms with van der Waals surface area (Å²) in [5.41, 5.74) is 1.86. The monoisotopic (exact) mass is 540 g/mol. The molecule has 0 aromatic heterocycles. The number of nitrogens with one attached hydrogen (secondary N) is 1. The predicted molar refractivity (Wildman–Crippen MR) is 139 cm³/mol. The van der Waals surface area contributed by atoms with Gasteiger partial charge in [-0.1, -0.05) is 36.8 Å². The van der Waals surface area contributed by atoms with Crippen LogP contribution in [0.4, 0.5) is 0 Å². The number of hydrogen-bond acceptors (Lipinski definition) is 3. The number of fused-ring (bicyclic) bond motifs is 1. The van der Waals surface area contributed by atoms with E-state index in [9.17, 15) is 0 Å². The molecule has 3 fully saturated rings. The van der Waals surface area contributed by atoms with E-state index in [1.807, 2.05) is 14.2 Å². The minimum absolute atomic E-state index is 0. The number of rotatable bonds is 7. The van der Waals surface area contributed by atoms with Gasteiger partial charge >= 0.3 is 0 Å². The first-order valence-corrected chi connectivity index (χ1v) is 12.0. The van der Waals surface area contributed by atoms with Gasteiger partial charge in [0.15, 0.2) is 5.96 Å². The molecule has 0 spiro atoms. The van der Waals surface area contributed by atoms with Crippen LogP contribution < -0.4 is 5.32 Å². The van der Waals surface area contributed by atoms with Gasteiger partial charge in [-0.3, -0.25) is 9.89 Å². The lowest BCUT2D eigenvalue weighted by Crippen LogP contribution is -2.57. The van der Waals surface area contributed by atoms with Crippen molar-refractivity contribution in [1.29, 1.82) is 0 Å². The Morgan fingerprint density at radius 2 is 1.97 bits per heavy atom. The van der Waals surface area contributed by atoms with Crippen molar-refractivity contribution in [2.45, 2.75) is 57.5 Å². The Bertz CT molecular complexity index is 694. The molecular formula is C25H41IN4O. The van der Waals surface area contributed by atoms with E-state index in [4.69, 9.17) is 4.74 Å². The quantitative estimate of drug-likeness (QED) is 0.317. The van der Waals surface area contributed by atoms with E-state index in [1.54, 1.807) is 0 Å². The second-order valence-electron chi connectivity index (χ2n) is 9.66. The molecule has 174 valence electrons. The number of hydrogen-bond donors (Lipinski definition) is 1. The van der Waals surface area contributed by atoms with Gasteiger partial charge in [-0.05, 0) is 62.0 Å². The van der Waals surface area contributed by atoms with Crippen LogP contribution in [-0.4, -0.2) is 68.7 Å². The standard InChI is InChI=1S/C25H40N4O.HI/c1-26-24(27-20-25(12-7-13-25)14-17-30-2)29-16-11-23-22(19-29)10-6-15-28(23)18-21-8-4-3-5-9-21;/h3-5,8-9,22-23H,6-7,10-20H2,1-2H3,(H,26,27);1H. The molecule has 1 saturated carbocycles. The highest BCUT2D eigenvalue weighted by Gasteiger charge is 2.39. The van der Waals surface area contributed by atoms with Crippen molar-refractivity contribution in [3.8, 4) is 0 Å². The van der Waals surface area contributed by atoms with E-state index in [2.05, 4.69) is 50.4 Å². The molecule has 2 atom stereocenters. The van der Waals surface area contributed by atoms with Gasteiger partial charge < -0.3 is 15.0 Å². The van der Waals surface area contributed by atoms with E-state index in [0.29, 0.717) is 11.5 Å². The van der Waals surface area contributed by atoms with Crippen LogP contribution in [0, 0.1) is 11.3 Å². The molecule has 2 aliphatic heterocycles. The van der Waals surface area contributed by atoms with Gasteiger partial charge in [-0.25, -0.2) is 0 Å². The summed E-state index contributed by atoms with van der Waals surface area (Å²) in [6.45, 7) is 6.48. The van der Waals surface area contributed by atoms with Crippen LogP contribution in [0.25, 0.3) is 0 Å². The maximum absolute atomic E-state index is 5.36. The Balaban J connectivity index is 0.00000272. The lowest BCUT2D eigenvalue weighted by atomic mass is 9.67. The van der Waals surface area contributed by atoms with Crippen molar-refractivity contribution in [1.82, 2.24) is 15.1 Å². The molecule has 2 saturated heterocycles. The van der Waals surface area contributed by atoms with Crippen LogP contribution in [0.1, 0.15) is 50.5 Å². The summed E-state index contributed by atoms with van der Waals surface area (Å²) in [7, 11) is 3.76. The molecule has 3 aliphatic rings. The van der Waals surface area contributed by atoms with Crippen LogP contribution in [-0.2, 0) is 11.3 Å². The number of aliphatic imine (C=N–C) groups is 1. The molecule has 5 nitrogen and oxygen atoms in total. The third-order valence-electron chi connectivity index (χ3n) is 7.80. The molecule has 0 radical (unpaired) electrons. The maximum Gasteiger partial charge on any atom is 0.193 e. The molecule has 0 bridgehead atoms. The molecule has 0 amide bonds. The van der Waals surface area contributed by atoms with Crippen molar-refractivity contribution in [3.05, 3.63) is 35.9 Å². The summed E-state index contributed by atoms with van der Waals surface area (Å²) < 4.78 is 5.36. The van der Waals surface area contributed by atoms with Gasteiger partial charge in [-0.2, -0.15) is 0 Å². The Kier molecular flexibility index (Phi) is 9.47. The van der Waals surface area contributed by atoms with Gasteiger partial charge in [0.25, 0.3) is 0 Å². The molecule has 1 aromatic rings. The Hall–Kier alpha value is -0.860. The molecule has 31 heavy (non-hydrogen) atoms. The fourth-order valence-electron chi connectivity index (χ4n) is 5.82. The zero-order chi connectivity index (χ0) is 20.8. The number of piperidine rings is 2. The normalized spacial score (nSPS) is 25.9. The summed E-state index contributed by atoms with van der Waals surface area (Å²) >= 11 is 0. The first-order valence-electron chi connectivity index (χ1n) is 12.0. The largest absolute Gasteiger partial charge is 0.385 e. The highest BCUT2D eigenvalue weighted by atomic mass is 127. The minimum Gasteiger partial charge on any atom is -0.385 e. The smallest absolute Gasteiger partial charge is 0.193 e. The maximum atomic E-state index is 5.36. The third-order valence-corrected chi connectivity index (χ3v) is 7.80. The lowest BCUT2D eigenvalue weighted by Gasteiger charge is -2.48. The van der Waals surface area contributed by atoms with Crippen molar-refractivity contribution >= 4 is 29.9 Å². The van der Waals surface area contributed by atoms with Crippen LogP contribution in [0.15, 0.2) is 35.3 Å². The van der Waals surface area contributed by atoms with E-state index in [0.717, 1.165) is 51.1 Å². The Morgan fingerprint density at radius 1 is 1.16 bits per heavy atom. The number of guanidine groups is 1. The van der Waals surface area contributed by atoms with Crippen molar-refractivity contribution in [2.24, 2.45) is 16.3 Å². The number of benzene rings is 1. The van der Waals surface area contributed by atoms with E-state index in [1.165, 1.54) is 50.6 Å². The number of halogens is 1. The molecule has 4 rings (SSSR count). The van der Waals surface area contributed by atoms with Gasteiger partial charge in [0.05, 0.1) is 0 Å². The summed E-state index contributed by atoms with van der Waals surface area (Å²) in [6.07, 6.45) is 9.06. The van der Waals surface area contributed by atoms with Gasteiger partial charge in [0.1, 0.15) is 0 Å². The zero-order valence-electron chi connectivity index (χ0n) is 19.4. The topological polar surface area (TPSA) is 40.1 Å². The molecule has 1 N–H and O–H groups in total. The van der Waals surface area contributed by atoms with Crippen molar-refractivity contribution in [3.63, 3.8) is 0 Å². The zero-order valence-corrected chi connectivity index (χ0v) is 21.7. The SMILES string of the molecule is CN=C(NCC1(CCOC)CCC1)N1CCC2C(CCCN2Cc2ccccc2)C1.I. The third kappa shape index (κ3) is 6.14. The summed E-state index contributed by atoms with van der Waals surface area (Å²) in [4.78, 5) is 9.93. The van der Waals surface area contributed by atoms with Crippen molar-refractivity contribution in [2.75, 3.05) is 46.9 Å². The van der Waals surface area contributed by atoms with E-state index >= 15 is 0 Å². The van der Waals surface area contributed by atoms with Crippen molar-refractivity contribution < 1.29 is 4.74 Å². The van der Waals surface area contributed by atoms with E-state index < -0.39 is 0 Å². The van der Waals surface area contributed by atoms with Gasteiger partial charge in [0.2, 0.25) is 0 Å². The molecule has 2 unspecified atom stereocenters. The molecular weight excluding hydrogens is 499 g/mol. The number of nitrogens with zero attached hydrogens (tertiary/aromatic N) is 3. The lowest BCUT2D eigenvalue weighted by molar-refractivity contribution is 0.0360.